The molecule has 2 aromatic carbocycles. The molecule has 1 unspecified atom stereocenters. The summed E-state index contributed by atoms with van der Waals surface area (Å²) in [5.41, 5.74) is 2.14. The van der Waals surface area contributed by atoms with Gasteiger partial charge in [-0.3, -0.25) is 9.36 Å². The number of allylic oxidation sites excluding steroid dienone is 1. The summed E-state index contributed by atoms with van der Waals surface area (Å²) in [5.74, 6) is 1.31. The van der Waals surface area contributed by atoms with E-state index in [1.807, 2.05) is 30.3 Å². The number of esters is 1. The molecule has 0 spiro atoms. The molecule has 0 aliphatic carbocycles. The van der Waals surface area contributed by atoms with Crippen molar-refractivity contribution in [3.05, 3.63) is 108 Å². The highest BCUT2D eigenvalue weighted by Crippen LogP contribution is 2.31. The van der Waals surface area contributed by atoms with Crippen LogP contribution in [-0.2, 0) is 9.53 Å². The van der Waals surface area contributed by atoms with E-state index in [4.69, 9.17) is 25.5 Å². The van der Waals surface area contributed by atoms with Crippen molar-refractivity contribution in [1.29, 1.82) is 0 Å². The van der Waals surface area contributed by atoms with Gasteiger partial charge in [0.2, 0.25) is 0 Å². The molecule has 1 aliphatic heterocycles. The SMILES string of the molecule is COC(=O)C1=C(C)N=c2sc(=Cc3ccc(-c4ccc(Cl)cc4)o3)c(=O)n2C1c1ccc(OC)cc1. The number of rotatable bonds is 5. The molecule has 9 heteroatoms. The molecular weight excluding hydrogens is 500 g/mol. The second kappa shape index (κ2) is 9.64. The number of carbonyl (C=O) groups excluding carboxylic acids is 1. The minimum Gasteiger partial charge on any atom is -0.497 e. The summed E-state index contributed by atoms with van der Waals surface area (Å²) in [6, 6.07) is 17.5. The van der Waals surface area contributed by atoms with E-state index in [-0.39, 0.29) is 5.56 Å². The van der Waals surface area contributed by atoms with Crippen LogP contribution in [-0.4, -0.2) is 24.8 Å². The summed E-state index contributed by atoms with van der Waals surface area (Å²) >= 11 is 7.21. The van der Waals surface area contributed by atoms with Crippen molar-refractivity contribution in [2.45, 2.75) is 13.0 Å². The van der Waals surface area contributed by atoms with E-state index in [2.05, 4.69) is 4.99 Å². The molecule has 182 valence electrons. The van der Waals surface area contributed by atoms with E-state index in [0.29, 0.717) is 42.9 Å². The summed E-state index contributed by atoms with van der Waals surface area (Å²) in [7, 11) is 2.89. The van der Waals surface area contributed by atoms with Gasteiger partial charge in [0.25, 0.3) is 5.56 Å². The molecule has 0 saturated heterocycles. The molecule has 3 heterocycles. The van der Waals surface area contributed by atoms with Crippen molar-refractivity contribution < 1.29 is 18.7 Å². The molecule has 0 saturated carbocycles. The Morgan fingerprint density at radius 1 is 1.08 bits per heavy atom. The molecule has 0 N–H and O–H groups in total. The first-order chi connectivity index (χ1) is 17.4. The number of furan rings is 1. The van der Waals surface area contributed by atoms with Gasteiger partial charge in [0, 0.05) is 16.7 Å². The molecular formula is C27H21ClN2O5S. The first-order valence-corrected chi connectivity index (χ1v) is 12.2. The van der Waals surface area contributed by atoms with Crippen LogP contribution in [0, 0.1) is 0 Å². The zero-order valence-corrected chi connectivity index (χ0v) is 21.2. The van der Waals surface area contributed by atoms with Crippen molar-refractivity contribution in [2.24, 2.45) is 4.99 Å². The third-order valence-corrected chi connectivity index (χ3v) is 7.12. The summed E-state index contributed by atoms with van der Waals surface area (Å²) in [4.78, 5) is 31.4. The number of aromatic nitrogens is 1. The number of hydrogen-bond donors (Lipinski definition) is 0. The van der Waals surface area contributed by atoms with E-state index in [0.717, 1.165) is 11.1 Å². The van der Waals surface area contributed by atoms with Gasteiger partial charge in [0.1, 0.15) is 17.3 Å². The van der Waals surface area contributed by atoms with Crippen molar-refractivity contribution >= 4 is 35.0 Å². The number of benzene rings is 2. The van der Waals surface area contributed by atoms with Gasteiger partial charge < -0.3 is 13.9 Å². The average molecular weight is 521 g/mol. The molecule has 4 aromatic rings. The van der Waals surface area contributed by atoms with Gasteiger partial charge in [-0.2, -0.15) is 0 Å². The number of ether oxygens (including phenoxy) is 2. The van der Waals surface area contributed by atoms with Crippen molar-refractivity contribution in [3.63, 3.8) is 0 Å². The standard InChI is InChI=1S/C27H21ClN2O5S/c1-15-23(26(32)34-3)24(17-6-10-19(33-2)11-7-17)30-25(31)22(36-27(30)29-15)14-20-12-13-21(35-20)16-4-8-18(28)9-5-16/h4-14,24H,1-3H3. The third-order valence-electron chi connectivity index (χ3n) is 5.89. The Hall–Kier alpha value is -3.88. The lowest BCUT2D eigenvalue weighted by molar-refractivity contribution is -0.136. The first-order valence-electron chi connectivity index (χ1n) is 11.0. The molecule has 1 aliphatic rings. The van der Waals surface area contributed by atoms with Crippen LogP contribution >= 0.6 is 22.9 Å². The number of carbonyl (C=O) groups is 1. The van der Waals surface area contributed by atoms with Crippen LogP contribution in [0.5, 0.6) is 5.75 Å². The minimum atomic E-state index is -0.692. The largest absolute Gasteiger partial charge is 0.497 e. The molecule has 0 fully saturated rings. The Kier molecular flexibility index (Phi) is 6.38. The number of hydrogen-bond acceptors (Lipinski definition) is 7. The van der Waals surface area contributed by atoms with Gasteiger partial charge in [0.05, 0.1) is 36.1 Å². The predicted molar refractivity (Wildman–Crippen MR) is 138 cm³/mol. The smallest absolute Gasteiger partial charge is 0.338 e. The molecule has 36 heavy (non-hydrogen) atoms. The number of fused-ring (bicyclic) bond motifs is 1. The number of thiazole rings is 1. The maximum Gasteiger partial charge on any atom is 0.338 e. The number of nitrogens with zero attached hydrogens (tertiary/aromatic N) is 2. The maximum absolute atomic E-state index is 13.6. The fourth-order valence-electron chi connectivity index (χ4n) is 4.12. The van der Waals surface area contributed by atoms with E-state index in [9.17, 15) is 9.59 Å². The number of halogens is 1. The Morgan fingerprint density at radius 3 is 2.47 bits per heavy atom. The molecule has 5 rings (SSSR count). The highest BCUT2D eigenvalue weighted by Gasteiger charge is 2.33. The van der Waals surface area contributed by atoms with E-state index >= 15 is 0 Å². The highest BCUT2D eigenvalue weighted by atomic mass is 35.5. The quantitative estimate of drug-likeness (QED) is 0.366. The Labute approximate surface area is 215 Å². The van der Waals surface area contributed by atoms with Gasteiger partial charge in [0.15, 0.2) is 4.80 Å². The van der Waals surface area contributed by atoms with Crippen LogP contribution in [0.4, 0.5) is 0 Å². The fraction of sp³-hybridized carbons (Fsp3) is 0.148. The highest BCUT2D eigenvalue weighted by molar-refractivity contribution is 7.07. The van der Waals surface area contributed by atoms with E-state index in [1.165, 1.54) is 23.0 Å². The maximum atomic E-state index is 13.6. The van der Waals surface area contributed by atoms with E-state index < -0.39 is 12.0 Å². The zero-order valence-electron chi connectivity index (χ0n) is 19.7. The normalized spacial score (nSPS) is 15.4. The second-order valence-electron chi connectivity index (χ2n) is 8.06. The summed E-state index contributed by atoms with van der Waals surface area (Å²) in [5, 5.41) is 0.639. The molecule has 2 aromatic heterocycles. The van der Waals surface area contributed by atoms with Crippen LogP contribution in [0.25, 0.3) is 17.4 Å². The second-order valence-corrected chi connectivity index (χ2v) is 9.50. The lowest BCUT2D eigenvalue weighted by Gasteiger charge is -2.24. The minimum absolute atomic E-state index is 0.280. The van der Waals surface area contributed by atoms with E-state index in [1.54, 1.807) is 50.4 Å². The van der Waals surface area contributed by atoms with Crippen LogP contribution in [0.3, 0.4) is 0 Å². The Morgan fingerprint density at radius 2 is 1.81 bits per heavy atom. The molecule has 1 atom stereocenters. The summed E-state index contributed by atoms with van der Waals surface area (Å²) < 4.78 is 18.2. The molecule has 7 nitrogen and oxygen atoms in total. The van der Waals surface area contributed by atoms with Crippen LogP contribution in [0.1, 0.15) is 24.3 Å². The van der Waals surface area contributed by atoms with Crippen molar-refractivity contribution in [2.75, 3.05) is 14.2 Å². The Balaban J connectivity index is 1.63. The monoisotopic (exact) mass is 520 g/mol. The van der Waals surface area contributed by atoms with Gasteiger partial charge >= 0.3 is 5.97 Å². The van der Waals surface area contributed by atoms with Crippen LogP contribution < -0.4 is 19.6 Å². The predicted octanol–water partition coefficient (Wildman–Crippen LogP) is 4.33. The fourth-order valence-corrected chi connectivity index (χ4v) is 5.28. The third kappa shape index (κ3) is 4.29. The summed E-state index contributed by atoms with van der Waals surface area (Å²) in [6.45, 7) is 1.74. The lowest BCUT2D eigenvalue weighted by atomic mass is 9.96. The van der Waals surface area contributed by atoms with Crippen molar-refractivity contribution in [1.82, 2.24) is 4.57 Å². The first kappa shape index (κ1) is 23.8. The summed E-state index contributed by atoms with van der Waals surface area (Å²) in [6.07, 6.45) is 1.69. The van der Waals surface area contributed by atoms with Gasteiger partial charge in [-0.1, -0.05) is 35.1 Å². The number of methoxy groups -OCH3 is 2. The van der Waals surface area contributed by atoms with Gasteiger partial charge in [-0.05, 0) is 61.0 Å². The van der Waals surface area contributed by atoms with Gasteiger partial charge in [-0.25, -0.2) is 9.79 Å². The average Bonchev–Trinajstić information content (AvgIpc) is 3.47. The Bertz CT molecular complexity index is 1660. The zero-order chi connectivity index (χ0) is 25.4. The molecule has 0 bridgehead atoms. The topological polar surface area (TPSA) is 83.0 Å². The molecule has 0 amide bonds. The van der Waals surface area contributed by atoms with Crippen molar-refractivity contribution in [3.8, 4) is 17.1 Å². The van der Waals surface area contributed by atoms with Gasteiger partial charge in [-0.15, -0.1) is 0 Å². The lowest BCUT2D eigenvalue weighted by Crippen LogP contribution is -2.39. The molecule has 0 radical (unpaired) electrons. The van der Waals surface area contributed by atoms with Crippen LogP contribution in [0.2, 0.25) is 5.02 Å². The van der Waals surface area contributed by atoms with Crippen LogP contribution in [0.15, 0.2) is 86.1 Å².